The van der Waals surface area contributed by atoms with Gasteiger partial charge in [0, 0.05) is 6.42 Å². The summed E-state index contributed by atoms with van der Waals surface area (Å²) in [6.07, 6.45) is -0.461. The molecule has 0 aromatic carbocycles. The number of halogens is 4. The second-order valence-corrected chi connectivity index (χ2v) is 3.92. The fraction of sp³-hybridized carbons (Fsp3) is 0.444. The third-order valence-corrected chi connectivity index (χ3v) is 2.43. The summed E-state index contributed by atoms with van der Waals surface area (Å²) in [7, 11) is 0. The van der Waals surface area contributed by atoms with Crippen molar-refractivity contribution in [3.8, 4) is 0 Å². The van der Waals surface area contributed by atoms with E-state index < -0.39 is 12.3 Å². The molecule has 0 atom stereocenters. The molecular formula is C9H10Cl2F2N2. The van der Waals surface area contributed by atoms with E-state index in [9.17, 15) is 8.78 Å². The van der Waals surface area contributed by atoms with Crippen molar-refractivity contribution in [1.82, 2.24) is 4.98 Å². The first-order chi connectivity index (χ1) is 6.88. The molecule has 1 heterocycles. The van der Waals surface area contributed by atoms with E-state index in [0.29, 0.717) is 5.56 Å². The molecule has 1 aromatic rings. The summed E-state index contributed by atoms with van der Waals surface area (Å²) < 4.78 is 27.1. The van der Waals surface area contributed by atoms with Crippen LogP contribution in [-0.4, -0.2) is 11.5 Å². The van der Waals surface area contributed by atoms with E-state index in [1.807, 2.05) is 0 Å². The number of hydrogen-bond acceptors (Lipinski definition) is 2. The van der Waals surface area contributed by atoms with E-state index in [4.69, 9.17) is 28.9 Å². The highest BCUT2D eigenvalue weighted by atomic mass is 35.5. The zero-order chi connectivity index (χ0) is 11.6. The van der Waals surface area contributed by atoms with Gasteiger partial charge in [0.1, 0.15) is 10.3 Å². The Bertz CT molecular complexity index is 346. The second kappa shape index (κ2) is 4.60. The molecule has 0 unspecified atom stereocenters. The van der Waals surface area contributed by atoms with Crippen molar-refractivity contribution in [3.05, 3.63) is 27.5 Å². The van der Waals surface area contributed by atoms with E-state index in [-0.39, 0.29) is 22.4 Å². The normalized spacial score (nSPS) is 11.9. The van der Waals surface area contributed by atoms with Gasteiger partial charge in [-0.3, -0.25) is 0 Å². The van der Waals surface area contributed by atoms with Crippen molar-refractivity contribution in [1.29, 1.82) is 0 Å². The van der Waals surface area contributed by atoms with Gasteiger partial charge in [-0.25, -0.2) is 13.8 Å². The van der Waals surface area contributed by atoms with Crippen molar-refractivity contribution in [2.45, 2.75) is 19.3 Å². The second-order valence-electron chi connectivity index (χ2n) is 3.17. The van der Waals surface area contributed by atoms with Crippen molar-refractivity contribution >= 4 is 23.2 Å². The number of aromatic nitrogens is 1. The Kier molecular flexibility index (Phi) is 3.87. The third-order valence-electron chi connectivity index (χ3n) is 1.97. The van der Waals surface area contributed by atoms with E-state index in [1.165, 1.54) is 13.0 Å². The zero-order valence-electron chi connectivity index (χ0n) is 8.03. The maximum absolute atomic E-state index is 13.6. The van der Waals surface area contributed by atoms with Gasteiger partial charge in [-0.1, -0.05) is 23.2 Å². The van der Waals surface area contributed by atoms with Crippen LogP contribution in [-0.2, 0) is 5.92 Å². The fourth-order valence-corrected chi connectivity index (χ4v) is 2.01. The monoisotopic (exact) mass is 254 g/mol. The van der Waals surface area contributed by atoms with Crippen LogP contribution in [0.4, 0.5) is 8.78 Å². The van der Waals surface area contributed by atoms with Crippen molar-refractivity contribution < 1.29 is 8.78 Å². The molecule has 2 N–H and O–H groups in total. The minimum atomic E-state index is -3.06. The van der Waals surface area contributed by atoms with Gasteiger partial charge >= 0.3 is 0 Å². The van der Waals surface area contributed by atoms with Crippen LogP contribution in [0, 0.1) is 6.92 Å². The topological polar surface area (TPSA) is 38.9 Å². The lowest BCUT2D eigenvalue weighted by atomic mass is 10.0. The standard InChI is InChI=1S/C9H10Cl2F2N2/c1-5-4-6(10)15-8(11)7(5)9(12,13)2-3-14/h4H,2-3,14H2,1H3. The Labute approximate surface area is 96.4 Å². The van der Waals surface area contributed by atoms with Gasteiger partial charge in [0.15, 0.2) is 0 Å². The Hall–Kier alpha value is -0.450. The number of rotatable bonds is 3. The van der Waals surface area contributed by atoms with E-state index in [2.05, 4.69) is 4.98 Å². The maximum Gasteiger partial charge on any atom is 0.277 e. The summed E-state index contributed by atoms with van der Waals surface area (Å²) >= 11 is 11.2. The van der Waals surface area contributed by atoms with Crippen LogP contribution >= 0.6 is 23.2 Å². The number of aryl methyl sites for hydroxylation is 1. The van der Waals surface area contributed by atoms with E-state index >= 15 is 0 Å². The average Bonchev–Trinajstić information content (AvgIpc) is 1.99. The molecule has 84 valence electrons. The molecule has 1 rings (SSSR count). The fourth-order valence-electron chi connectivity index (χ4n) is 1.34. The van der Waals surface area contributed by atoms with Gasteiger partial charge in [0.25, 0.3) is 5.92 Å². The number of alkyl halides is 2. The molecular weight excluding hydrogens is 245 g/mol. The quantitative estimate of drug-likeness (QED) is 0.842. The Morgan fingerprint density at radius 2 is 2.07 bits per heavy atom. The summed E-state index contributed by atoms with van der Waals surface area (Å²) in [4.78, 5) is 3.59. The van der Waals surface area contributed by atoms with Crippen LogP contribution < -0.4 is 5.73 Å². The first kappa shape index (κ1) is 12.6. The molecule has 1 aromatic heterocycles. The molecule has 0 aliphatic rings. The lowest BCUT2D eigenvalue weighted by Crippen LogP contribution is -2.20. The van der Waals surface area contributed by atoms with Gasteiger partial charge in [-0.05, 0) is 25.1 Å². The van der Waals surface area contributed by atoms with Crippen LogP contribution in [0.3, 0.4) is 0 Å². The number of nitrogens with zero attached hydrogens (tertiary/aromatic N) is 1. The molecule has 15 heavy (non-hydrogen) atoms. The van der Waals surface area contributed by atoms with Crippen molar-refractivity contribution in [2.24, 2.45) is 5.73 Å². The van der Waals surface area contributed by atoms with Gasteiger partial charge < -0.3 is 5.73 Å². The van der Waals surface area contributed by atoms with Crippen molar-refractivity contribution in [2.75, 3.05) is 6.54 Å². The molecule has 6 heteroatoms. The largest absolute Gasteiger partial charge is 0.330 e. The van der Waals surface area contributed by atoms with Gasteiger partial charge in [-0.2, -0.15) is 0 Å². The van der Waals surface area contributed by atoms with Crippen LogP contribution in [0.15, 0.2) is 6.07 Å². The average molecular weight is 255 g/mol. The van der Waals surface area contributed by atoms with E-state index in [1.54, 1.807) is 0 Å². The number of hydrogen-bond donors (Lipinski definition) is 1. The minimum absolute atomic E-state index is 0.102. The Balaban J connectivity index is 3.24. The molecule has 0 aliphatic heterocycles. The third kappa shape index (κ3) is 2.77. The smallest absolute Gasteiger partial charge is 0.277 e. The van der Waals surface area contributed by atoms with Gasteiger partial charge in [-0.15, -0.1) is 0 Å². The van der Waals surface area contributed by atoms with Crippen LogP contribution in [0.2, 0.25) is 10.3 Å². The van der Waals surface area contributed by atoms with Crippen LogP contribution in [0.25, 0.3) is 0 Å². The molecule has 0 spiro atoms. The van der Waals surface area contributed by atoms with Gasteiger partial charge in [0.05, 0.1) is 5.56 Å². The first-order valence-corrected chi connectivity index (χ1v) is 5.05. The maximum atomic E-state index is 13.6. The lowest BCUT2D eigenvalue weighted by Gasteiger charge is -2.19. The predicted molar refractivity (Wildman–Crippen MR) is 56.6 cm³/mol. The van der Waals surface area contributed by atoms with Gasteiger partial charge in [0.2, 0.25) is 0 Å². The first-order valence-electron chi connectivity index (χ1n) is 4.29. The Morgan fingerprint density at radius 3 is 2.53 bits per heavy atom. The van der Waals surface area contributed by atoms with Crippen LogP contribution in [0.5, 0.6) is 0 Å². The molecule has 0 amide bonds. The summed E-state index contributed by atoms with van der Waals surface area (Å²) in [6.45, 7) is 1.39. The highest BCUT2D eigenvalue weighted by Gasteiger charge is 2.35. The highest BCUT2D eigenvalue weighted by molar-refractivity contribution is 6.33. The number of nitrogens with two attached hydrogens (primary N) is 1. The Morgan fingerprint density at radius 1 is 1.47 bits per heavy atom. The molecule has 0 radical (unpaired) electrons. The highest BCUT2D eigenvalue weighted by Crippen LogP contribution is 2.38. The molecule has 0 bridgehead atoms. The molecule has 0 saturated heterocycles. The summed E-state index contributed by atoms with van der Waals surface area (Å²) in [5.41, 5.74) is 5.14. The zero-order valence-corrected chi connectivity index (χ0v) is 9.54. The number of pyridine rings is 1. The SMILES string of the molecule is Cc1cc(Cl)nc(Cl)c1C(F)(F)CCN. The summed E-state index contributed by atoms with van der Waals surface area (Å²) in [5, 5.41) is -0.164. The molecule has 0 saturated carbocycles. The molecule has 2 nitrogen and oxygen atoms in total. The van der Waals surface area contributed by atoms with E-state index in [0.717, 1.165) is 0 Å². The van der Waals surface area contributed by atoms with Crippen LogP contribution in [0.1, 0.15) is 17.5 Å². The molecule has 0 aliphatic carbocycles. The minimum Gasteiger partial charge on any atom is -0.330 e. The predicted octanol–water partition coefficient (Wildman–Crippen LogP) is 3.14. The summed E-state index contributed by atoms with van der Waals surface area (Å²) in [5.74, 6) is -3.06. The lowest BCUT2D eigenvalue weighted by molar-refractivity contribution is -0.0115. The molecule has 0 fully saturated rings. The van der Waals surface area contributed by atoms with Crippen molar-refractivity contribution in [3.63, 3.8) is 0 Å². The summed E-state index contributed by atoms with van der Waals surface area (Å²) in [6, 6.07) is 1.35.